The van der Waals surface area contributed by atoms with Gasteiger partial charge in [0.1, 0.15) is 17.6 Å². The molecule has 0 unspecified atom stereocenters. The van der Waals surface area contributed by atoms with Crippen molar-refractivity contribution in [2.75, 3.05) is 13.1 Å². The minimum absolute atomic E-state index is 0.244. The first kappa shape index (κ1) is 26.8. The van der Waals surface area contributed by atoms with E-state index in [1.54, 1.807) is 9.80 Å². The van der Waals surface area contributed by atoms with Gasteiger partial charge in [0.2, 0.25) is 17.7 Å². The first-order valence-corrected chi connectivity index (χ1v) is 12.5. The first-order valence-electron chi connectivity index (χ1n) is 12.5. The molecular weight excluding hydrogens is 448 g/mol. The number of nitrogens with zero attached hydrogens (tertiary/aromatic N) is 2. The van der Waals surface area contributed by atoms with Crippen LogP contribution in [-0.4, -0.2) is 81.3 Å². The van der Waals surface area contributed by atoms with E-state index >= 15 is 0 Å². The van der Waals surface area contributed by atoms with E-state index in [-0.39, 0.29) is 24.0 Å². The maximum absolute atomic E-state index is 13.9. The Bertz CT molecular complexity index is 937. The molecule has 192 valence electrons. The van der Waals surface area contributed by atoms with Crippen molar-refractivity contribution >= 4 is 23.5 Å². The minimum atomic E-state index is -1.23. The van der Waals surface area contributed by atoms with Crippen LogP contribution in [-0.2, 0) is 25.6 Å². The summed E-state index contributed by atoms with van der Waals surface area (Å²) in [5, 5.41) is 12.8. The summed E-state index contributed by atoms with van der Waals surface area (Å²) in [5.74, 6) is -1.33. The smallest absolute Gasteiger partial charge is 0.246 e. The third kappa shape index (κ3) is 5.56. The van der Waals surface area contributed by atoms with E-state index in [2.05, 4.69) is 5.32 Å². The lowest BCUT2D eigenvalue weighted by atomic mass is 9.86. The van der Waals surface area contributed by atoms with Gasteiger partial charge in [0.25, 0.3) is 0 Å². The van der Waals surface area contributed by atoms with Crippen LogP contribution in [0.25, 0.3) is 0 Å². The van der Waals surface area contributed by atoms with Gasteiger partial charge in [-0.2, -0.15) is 0 Å². The molecule has 9 heteroatoms. The number of benzene rings is 1. The number of rotatable bonds is 9. The summed E-state index contributed by atoms with van der Waals surface area (Å²) in [6, 6.07) is 7.03. The predicted molar refractivity (Wildman–Crippen MR) is 131 cm³/mol. The fraction of sp³-hybridized carbons (Fsp3) is 0.615. The molecule has 1 aromatic rings. The van der Waals surface area contributed by atoms with Crippen molar-refractivity contribution < 1.29 is 24.3 Å². The second kappa shape index (κ2) is 11.3. The van der Waals surface area contributed by atoms with Gasteiger partial charge in [0.05, 0.1) is 12.1 Å². The van der Waals surface area contributed by atoms with Crippen molar-refractivity contribution in [1.29, 1.82) is 0 Å². The van der Waals surface area contributed by atoms with Gasteiger partial charge in [-0.05, 0) is 51.5 Å². The number of ketones is 1. The average Bonchev–Trinajstić information content (AvgIpc) is 3.49. The monoisotopic (exact) mass is 486 g/mol. The van der Waals surface area contributed by atoms with Crippen molar-refractivity contribution in [2.24, 2.45) is 5.73 Å². The molecule has 3 amide bonds. The molecule has 0 bridgehead atoms. The summed E-state index contributed by atoms with van der Waals surface area (Å²) in [7, 11) is 0. The quantitative estimate of drug-likeness (QED) is 0.472. The van der Waals surface area contributed by atoms with E-state index in [0.717, 1.165) is 5.56 Å². The second-order valence-electron chi connectivity index (χ2n) is 9.79. The van der Waals surface area contributed by atoms with Crippen molar-refractivity contribution in [3.8, 4) is 0 Å². The molecule has 5 atom stereocenters. The van der Waals surface area contributed by atoms with E-state index in [1.807, 2.05) is 37.3 Å². The lowest BCUT2D eigenvalue weighted by Crippen LogP contribution is -2.64. The second-order valence-corrected chi connectivity index (χ2v) is 9.79. The SMILES string of the molecule is CC[C@H](N)C(=O)N1CCC[C@H]1C(=O)N1CCC[C@@]1(Cc1ccccc1)C(=O)N[C@H](C(C)=O)[C@@H](C)O. The van der Waals surface area contributed by atoms with Crippen LogP contribution >= 0.6 is 0 Å². The summed E-state index contributed by atoms with van der Waals surface area (Å²) in [6.45, 7) is 5.43. The molecule has 0 aliphatic carbocycles. The summed E-state index contributed by atoms with van der Waals surface area (Å²) in [6.07, 6.45) is 1.91. The van der Waals surface area contributed by atoms with Gasteiger partial charge in [-0.1, -0.05) is 37.3 Å². The van der Waals surface area contributed by atoms with Crippen LogP contribution < -0.4 is 11.1 Å². The number of aliphatic hydroxyl groups is 1. The van der Waals surface area contributed by atoms with Gasteiger partial charge in [0.15, 0.2) is 5.78 Å². The third-order valence-electron chi connectivity index (χ3n) is 7.30. The standard InChI is InChI=1S/C26H38N4O5/c1-4-20(27)23(33)29-14-8-12-21(29)24(34)30-15-9-13-26(30,16-19-10-6-5-7-11-19)25(35)28-22(17(2)31)18(3)32/h5-7,10-11,17,20-22,31H,4,8-9,12-16,27H2,1-3H3,(H,28,35)/t17-,20+,21+,22+,26-/m1/s1. The topological polar surface area (TPSA) is 133 Å². The highest BCUT2D eigenvalue weighted by Gasteiger charge is 2.53. The number of Topliss-reactive ketones (excluding diaryl/α,β-unsaturated/α-hetero) is 1. The Hall–Kier alpha value is -2.78. The van der Waals surface area contributed by atoms with Crippen molar-refractivity contribution in [1.82, 2.24) is 15.1 Å². The number of hydrogen-bond acceptors (Lipinski definition) is 6. The van der Waals surface area contributed by atoms with Gasteiger partial charge in [-0.15, -0.1) is 0 Å². The molecule has 2 aliphatic heterocycles. The van der Waals surface area contributed by atoms with Gasteiger partial charge in [-0.3, -0.25) is 19.2 Å². The van der Waals surface area contributed by atoms with E-state index < -0.39 is 35.7 Å². The number of hydrogen-bond donors (Lipinski definition) is 3. The number of nitrogens with two attached hydrogens (primary N) is 1. The van der Waals surface area contributed by atoms with Crippen molar-refractivity contribution in [2.45, 2.75) is 89.1 Å². The number of carbonyl (C=O) groups is 4. The Kier molecular flexibility index (Phi) is 8.66. The molecule has 0 aromatic heterocycles. The van der Waals surface area contributed by atoms with Gasteiger partial charge >= 0.3 is 0 Å². The summed E-state index contributed by atoms with van der Waals surface area (Å²) in [4.78, 5) is 55.9. The van der Waals surface area contributed by atoms with Crippen molar-refractivity contribution in [3.63, 3.8) is 0 Å². The third-order valence-corrected chi connectivity index (χ3v) is 7.30. The minimum Gasteiger partial charge on any atom is -0.391 e. The van der Waals surface area contributed by atoms with Crippen LogP contribution in [0.5, 0.6) is 0 Å². The molecule has 9 nitrogen and oxygen atoms in total. The molecule has 4 N–H and O–H groups in total. The largest absolute Gasteiger partial charge is 0.391 e. The van der Waals surface area contributed by atoms with Crippen LogP contribution in [0.2, 0.25) is 0 Å². The lowest BCUT2D eigenvalue weighted by Gasteiger charge is -2.41. The number of amides is 3. The molecule has 35 heavy (non-hydrogen) atoms. The fourth-order valence-electron chi connectivity index (χ4n) is 5.33. The van der Waals surface area contributed by atoms with Crippen LogP contribution in [0.1, 0.15) is 58.4 Å². The number of likely N-dealkylation sites (tertiary alicyclic amines) is 2. The first-order chi connectivity index (χ1) is 16.6. The van der Waals surface area contributed by atoms with Crippen LogP contribution in [0.4, 0.5) is 0 Å². The summed E-state index contributed by atoms with van der Waals surface area (Å²) < 4.78 is 0. The predicted octanol–water partition coefficient (Wildman–Crippen LogP) is 0.773. The molecule has 1 aromatic carbocycles. The molecule has 2 aliphatic rings. The Morgan fingerprint density at radius 3 is 2.46 bits per heavy atom. The Labute approximate surface area is 207 Å². The van der Waals surface area contributed by atoms with Crippen LogP contribution in [0.15, 0.2) is 30.3 Å². The fourth-order valence-corrected chi connectivity index (χ4v) is 5.33. The lowest BCUT2D eigenvalue weighted by molar-refractivity contribution is -0.152. The maximum atomic E-state index is 13.9. The normalized spacial score (nSPS) is 24.7. The van der Waals surface area contributed by atoms with Crippen LogP contribution in [0, 0.1) is 0 Å². The number of carbonyl (C=O) groups excluding carboxylic acids is 4. The molecule has 2 saturated heterocycles. The van der Waals surface area contributed by atoms with Gasteiger partial charge < -0.3 is 26.0 Å². The highest BCUT2D eigenvalue weighted by molar-refractivity contribution is 5.98. The molecule has 3 rings (SSSR count). The molecule has 2 fully saturated rings. The highest BCUT2D eigenvalue weighted by atomic mass is 16.3. The number of aliphatic hydroxyl groups excluding tert-OH is 1. The molecule has 0 spiro atoms. The molecular formula is C26H38N4O5. The van der Waals surface area contributed by atoms with E-state index in [4.69, 9.17) is 5.73 Å². The van der Waals surface area contributed by atoms with E-state index in [9.17, 15) is 24.3 Å². The zero-order chi connectivity index (χ0) is 25.8. The van der Waals surface area contributed by atoms with E-state index in [0.29, 0.717) is 45.2 Å². The Morgan fingerprint density at radius 2 is 1.86 bits per heavy atom. The number of nitrogens with one attached hydrogen (secondary N) is 1. The Balaban J connectivity index is 1.96. The summed E-state index contributed by atoms with van der Waals surface area (Å²) >= 11 is 0. The van der Waals surface area contributed by atoms with E-state index in [1.165, 1.54) is 13.8 Å². The van der Waals surface area contributed by atoms with Gasteiger partial charge in [-0.25, -0.2) is 0 Å². The molecule has 0 radical (unpaired) electrons. The molecule has 2 heterocycles. The molecule has 0 saturated carbocycles. The zero-order valence-electron chi connectivity index (χ0n) is 20.9. The van der Waals surface area contributed by atoms with Gasteiger partial charge in [0, 0.05) is 19.5 Å². The zero-order valence-corrected chi connectivity index (χ0v) is 20.9. The highest BCUT2D eigenvalue weighted by Crippen LogP contribution is 2.36. The maximum Gasteiger partial charge on any atom is 0.246 e. The van der Waals surface area contributed by atoms with Crippen LogP contribution in [0.3, 0.4) is 0 Å². The Morgan fingerprint density at radius 1 is 1.17 bits per heavy atom. The average molecular weight is 487 g/mol. The summed E-state index contributed by atoms with van der Waals surface area (Å²) in [5.41, 5.74) is 5.64. The van der Waals surface area contributed by atoms with Crippen molar-refractivity contribution in [3.05, 3.63) is 35.9 Å².